The maximum atomic E-state index is 12.7. The average molecular weight is 1570 g/mol. The molecule has 0 amide bonds. The maximum Gasteiger partial charge on any atom is 0.307 e. The minimum absolute atomic E-state index is 0.0247. The number of unbranched alkanes of at least 4 members (excludes halogenated alkanes) is 65. The summed E-state index contributed by atoms with van der Waals surface area (Å²) in [5.74, 6) is -0.0512. The van der Waals surface area contributed by atoms with E-state index in [4.69, 9.17) is 20.9 Å². The van der Waals surface area contributed by atoms with Crippen LogP contribution in [0, 0.1) is 0 Å². The maximum absolute atomic E-state index is 12.7. The molecule has 12 nitrogen and oxygen atoms in total. The Morgan fingerprint density at radius 3 is 0.505 bits per heavy atom. The molecular formula is C99H204N6O6. The Hall–Kier alpha value is -1.38. The van der Waals surface area contributed by atoms with Crippen LogP contribution in [0.5, 0.6) is 0 Å². The van der Waals surface area contributed by atoms with Gasteiger partial charge in [-0.3, -0.25) is 19.4 Å². The van der Waals surface area contributed by atoms with Crippen LogP contribution in [-0.2, 0) is 19.1 Å². The number of hydrogen-bond acceptors (Lipinski definition) is 12. The second-order valence-electron chi connectivity index (χ2n) is 35.0. The van der Waals surface area contributed by atoms with Crippen LogP contribution in [0.2, 0.25) is 0 Å². The van der Waals surface area contributed by atoms with Crippen LogP contribution in [0.1, 0.15) is 523 Å². The Bertz CT molecular complexity index is 1730. The van der Waals surface area contributed by atoms with Gasteiger partial charge in [-0.25, -0.2) is 0 Å². The molecule has 0 aromatic carbocycles. The zero-order valence-electron chi connectivity index (χ0n) is 76.6. The summed E-state index contributed by atoms with van der Waals surface area (Å²) >= 11 is 0. The lowest BCUT2D eigenvalue weighted by atomic mass is 10.1. The number of hydrogen-bond donors (Lipinski definition) is 4. The molecular weight excluding hydrogens is 1370 g/mol. The van der Waals surface area contributed by atoms with E-state index in [0.29, 0.717) is 39.1 Å². The molecule has 0 rings (SSSR count). The molecule has 666 valence electrons. The van der Waals surface area contributed by atoms with E-state index < -0.39 is 12.5 Å². The van der Waals surface area contributed by atoms with Gasteiger partial charge in [0.25, 0.3) is 0 Å². The second-order valence-corrected chi connectivity index (χ2v) is 35.0. The van der Waals surface area contributed by atoms with Crippen LogP contribution < -0.4 is 11.5 Å². The van der Waals surface area contributed by atoms with Crippen molar-refractivity contribution in [2.24, 2.45) is 11.5 Å². The third kappa shape index (κ3) is 95.6. The molecule has 0 heterocycles. The molecule has 0 aliphatic carbocycles. The third-order valence-electron chi connectivity index (χ3n) is 23.6. The molecule has 111 heavy (non-hydrogen) atoms. The fourth-order valence-electron chi connectivity index (χ4n) is 16.2. The molecule has 2 unspecified atom stereocenters. The van der Waals surface area contributed by atoms with Gasteiger partial charge < -0.3 is 41.0 Å². The summed E-state index contributed by atoms with van der Waals surface area (Å²) in [5.41, 5.74) is 11.7. The lowest BCUT2D eigenvalue weighted by molar-refractivity contribution is -0.145. The van der Waals surface area contributed by atoms with Crippen LogP contribution in [0.25, 0.3) is 0 Å². The van der Waals surface area contributed by atoms with E-state index in [1.807, 2.05) is 0 Å². The minimum Gasteiger partial charge on any atom is -0.466 e. The molecule has 0 bridgehead atoms. The monoisotopic (exact) mass is 1570 g/mol. The molecule has 0 aliphatic rings. The second kappa shape index (κ2) is 97.5. The van der Waals surface area contributed by atoms with Gasteiger partial charge in [-0.15, -0.1) is 0 Å². The van der Waals surface area contributed by atoms with Gasteiger partial charge in [0, 0.05) is 26.2 Å². The van der Waals surface area contributed by atoms with E-state index in [0.717, 1.165) is 104 Å². The number of carbonyl (C=O) groups excluding carboxylic acids is 2. The topological polar surface area (TPSA) is 158 Å². The highest BCUT2D eigenvalue weighted by Crippen LogP contribution is 2.20. The van der Waals surface area contributed by atoms with Gasteiger partial charge in [0.1, 0.15) is 12.5 Å². The van der Waals surface area contributed by atoms with Crippen LogP contribution in [0.4, 0.5) is 0 Å². The van der Waals surface area contributed by atoms with Crippen molar-refractivity contribution in [1.29, 1.82) is 0 Å². The first-order chi connectivity index (χ1) is 54.6. The Morgan fingerprint density at radius 1 is 0.207 bits per heavy atom. The van der Waals surface area contributed by atoms with Crippen molar-refractivity contribution in [2.45, 2.75) is 536 Å². The molecule has 0 aromatic rings. The van der Waals surface area contributed by atoms with E-state index in [1.165, 1.54) is 430 Å². The van der Waals surface area contributed by atoms with Crippen molar-refractivity contribution in [3.05, 3.63) is 0 Å². The van der Waals surface area contributed by atoms with Crippen molar-refractivity contribution in [1.82, 2.24) is 19.6 Å². The number of aliphatic hydroxyl groups is 2. The zero-order valence-corrected chi connectivity index (χ0v) is 76.6. The van der Waals surface area contributed by atoms with Gasteiger partial charge in [-0.2, -0.15) is 0 Å². The molecule has 12 heteroatoms. The molecule has 0 spiro atoms. The van der Waals surface area contributed by atoms with Crippen molar-refractivity contribution >= 4 is 11.9 Å². The largest absolute Gasteiger partial charge is 0.466 e. The summed E-state index contributed by atoms with van der Waals surface area (Å²) in [6.07, 6.45) is 96.6. The fraction of sp³-hybridized carbons (Fsp3) is 0.980. The molecule has 0 radical (unpaired) electrons. The molecule has 0 saturated carbocycles. The SMILES string of the molecule is CCCCCCCCCCCCCCN(CCCCN(CCCCCCCCCCCC)CC(N)O)CCC(=O)OCCCCCCCCCCCCC.CCCCCCCCCCCCCCOC(=O)CCN(CCCCCCCCCCCCCC)CCCCN(CCCCCCCCCCCCCC)CC(N)O. The van der Waals surface area contributed by atoms with Gasteiger partial charge in [0.2, 0.25) is 0 Å². The summed E-state index contributed by atoms with van der Waals surface area (Å²) in [7, 11) is 0. The van der Waals surface area contributed by atoms with E-state index in [-0.39, 0.29) is 11.9 Å². The van der Waals surface area contributed by atoms with Crippen LogP contribution >= 0.6 is 0 Å². The summed E-state index contributed by atoms with van der Waals surface area (Å²) in [6, 6.07) is 0. The van der Waals surface area contributed by atoms with Crippen molar-refractivity contribution in [2.75, 3.05) is 91.8 Å². The quantitative estimate of drug-likeness (QED) is 0.0260. The first-order valence-electron chi connectivity index (χ1n) is 50.6. The third-order valence-corrected chi connectivity index (χ3v) is 23.6. The Kier molecular flexibility index (Phi) is 98.0. The number of carbonyl (C=O) groups is 2. The summed E-state index contributed by atoms with van der Waals surface area (Å²) < 4.78 is 11.3. The van der Waals surface area contributed by atoms with Gasteiger partial charge in [0.05, 0.1) is 26.1 Å². The van der Waals surface area contributed by atoms with Crippen LogP contribution in [0.15, 0.2) is 0 Å². The molecule has 2 atom stereocenters. The highest BCUT2D eigenvalue weighted by molar-refractivity contribution is 5.69. The number of nitrogens with zero attached hydrogens (tertiary/aromatic N) is 4. The Labute approximate surface area is 695 Å². The van der Waals surface area contributed by atoms with Crippen molar-refractivity contribution in [3.8, 4) is 0 Å². The lowest BCUT2D eigenvalue weighted by Gasteiger charge is -2.25. The number of ether oxygens (including phenoxy) is 2. The van der Waals surface area contributed by atoms with E-state index in [1.54, 1.807) is 0 Å². The Balaban J connectivity index is 0. The van der Waals surface area contributed by atoms with Crippen LogP contribution in [-0.4, -0.2) is 146 Å². The smallest absolute Gasteiger partial charge is 0.307 e. The molecule has 0 aromatic heterocycles. The number of esters is 2. The Morgan fingerprint density at radius 2 is 0.342 bits per heavy atom. The van der Waals surface area contributed by atoms with Gasteiger partial charge >= 0.3 is 11.9 Å². The van der Waals surface area contributed by atoms with Crippen LogP contribution in [0.3, 0.4) is 0 Å². The highest BCUT2D eigenvalue weighted by Gasteiger charge is 2.15. The van der Waals surface area contributed by atoms with E-state index in [9.17, 15) is 19.8 Å². The number of aliphatic hydroxyl groups excluding tert-OH is 2. The number of nitrogens with two attached hydrogens (primary N) is 2. The summed E-state index contributed by atoms with van der Waals surface area (Å²) in [5, 5.41) is 19.9. The number of rotatable bonds is 95. The van der Waals surface area contributed by atoms with Gasteiger partial charge in [-0.1, -0.05) is 446 Å². The van der Waals surface area contributed by atoms with Crippen molar-refractivity contribution < 1.29 is 29.3 Å². The van der Waals surface area contributed by atoms with Gasteiger partial charge in [0.15, 0.2) is 0 Å². The lowest BCUT2D eigenvalue weighted by Crippen LogP contribution is -2.38. The fourth-order valence-corrected chi connectivity index (χ4v) is 16.2. The normalized spacial score (nSPS) is 12.3. The first kappa shape index (κ1) is 112. The predicted molar refractivity (Wildman–Crippen MR) is 488 cm³/mol. The average Bonchev–Trinajstić information content (AvgIpc) is 1.02. The summed E-state index contributed by atoms with van der Waals surface area (Å²) in [6.45, 7) is 25.8. The van der Waals surface area contributed by atoms with E-state index >= 15 is 0 Å². The standard InChI is InChI=1S/C51H105N3O3.C48H99N3O3/c1-4-7-10-13-16-19-22-25-28-31-34-37-43-53(47-42-51(56)57-48-41-36-33-30-27-24-21-18-15-12-9-6-3)44-39-40-46-54(49-50(52)55)45-38-35-32-29-26-23-20-17-14-11-8-5-2;1-4-7-10-13-16-19-22-23-26-28-31-34-40-50(44-39-48(53)54-45-38-33-30-27-24-20-17-14-11-8-5-2)41-36-37-43-51(46-47(49)52)42-35-32-29-25-21-18-15-12-9-6-3/h50,55H,4-49,52H2,1-3H3;47,52H,4-46,49H2,1-3H3. The van der Waals surface area contributed by atoms with Gasteiger partial charge in [-0.05, 0) is 117 Å². The van der Waals surface area contributed by atoms with Crippen molar-refractivity contribution in [3.63, 3.8) is 0 Å². The van der Waals surface area contributed by atoms with E-state index in [2.05, 4.69) is 61.1 Å². The predicted octanol–water partition coefficient (Wildman–Crippen LogP) is 28.2. The molecule has 6 N–H and O–H groups in total. The zero-order chi connectivity index (χ0) is 81.0. The molecule has 0 saturated heterocycles. The molecule has 0 fully saturated rings. The highest BCUT2D eigenvalue weighted by atomic mass is 16.5. The molecule has 0 aliphatic heterocycles. The first-order valence-corrected chi connectivity index (χ1v) is 50.6. The summed E-state index contributed by atoms with van der Waals surface area (Å²) in [4.78, 5) is 35.2. The minimum atomic E-state index is -0.773.